The van der Waals surface area contributed by atoms with Crippen molar-refractivity contribution in [2.75, 3.05) is 34.0 Å². The Hall–Kier alpha value is -2.72. The first-order chi connectivity index (χ1) is 18.6. The van der Waals surface area contributed by atoms with Gasteiger partial charge < -0.3 is 64.2 Å². The molecule has 5 rings (SSSR count). The first kappa shape index (κ1) is 27.8. The average molecular weight is 553 g/mol. The number of ether oxygens (including phenoxy) is 6. The van der Waals surface area contributed by atoms with Gasteiger partial charge in [-0.2, -0.15) is 0 Å². The molecule has 0 unspecified atom stereocenters. The Morgan fingerprint density at radius 2 is 1.36 bits per heavy atom. The van der Waals surface area contributed by atoms with Crippen LogP contribution in [0, 0.1) is 0 Å². The summed E-state index contributed by atoms with van der Waals surface area (Å²) in [6, 6.07) is 9.04. The number of benzene rings is 2. The summed E-state index contributed by atoms with van der Waals surface area (Å²) >= 11 is 0. The third-order valence-corrected chi connectivity index (χ3v) is 7.65. The summed E-state index contributed by atoms with van der Waals surface area (Å²) in [6.07, 6.45) is -9.35. The van der Waals surface area contributed by atoms with Crippen LogP contribution in [0.25, 0.3) is 0 Å². The number of aliphatic hydroxyl groups excluding tert-OH is 4. The highest BCUT2D eigenvalue weighted by Gasteiger charge is 2.69. The Morgan fingerprint density at radius 3 is 1.92 bits per heavy atom. The van der Waals surface area contributed by atoms with Crippen LogP contribution in [0.5, 0.6) is 23.0 Å². The van der Waals surface area contributed by atoms with Crippen LogP contribution >= 0.6 is 0 Å². The molecule has 0 spiro atoms. The molecule has 3 heterocycles. The SMILES string of the molecule is COc1cc([C@@H]2OC[C@@]3(O)[C@@H](c4ccc(O[C@H]5O[C@H](CO)[C@@H](O)[C@H](O)[C@H]5O)c(OC)c4)OC[C@]23O)ccc1O. The lowest BCUT2D eigenvalue weighted by atomic mass is 9.77. The van der Waals surface area contributed by atoms with E-state index in [1.165, 1.54) is 38.5 Å². The molecule has 214 valence electrons. The summed E-state index contributed by atoms with van der Waals surface area (Å²) in [5.41, 5.74) is -2.78. The number of phenolic OH excluding ortho intramolecular Hbond substituents is 1. The first-order valence-electron chi connectivity index (χ1n) is 12.3. The van der Waals surface area contributed by atoms with Gasteiger partial charge in [0.15, 0.2) is 34.2 Å². The maximum Gasteiger partial charge on any atom is 0.229 e. The van der Waals surface area contributed by atoms with Gasteiger partial charge in [-0.15, -0.1) is 0 Å². The van der Waals surface area contributed by atoms with Crippen molar-refractivity contribution < 1.29 is 64.2 Å². The fraction of sp³-hybridized carbons (Fsp3) is 0.538. The summed E-state index contributed by atoms with van der Waals surface area (Å²) in [5.74, 6) is 0.360. The predicted octanol–water partition coefficient (Wildman–Crippen LogP) is -1.11. The first-order valence-corrected chi connectivity index (χ1v) is 12.3. The largest absolute Gasteiger partial charge is 0.504 e. The molecule has 39 heavy (non-hydrogen) atoms. The van der Waals surface area contributed by atoms with Gasteiger partial charge in [-0.25, -0.2) is 0 Å². The second-order valence-electron chi connectivity index (χ2n) is 9.89. The third-order valence-electron chi connectivity index (χ3n) is 7.65. The van der Waals surface area contributed by atoms with E-state index in [1.807, 2.05) is 0 Å². The number of hydrogen-bond acceptors (Lipinski definition) is 13. The van der Waals surface area contributed by atoms with Crippen molar-refractivity contribution in [2.24, 2.45) is 0 Å². The quantitative estimate of drug-likeness (QED) is 0.219. The summed E-state index contributed by atoms with van der Waals surface area (Å²) in [6.45, 7) is -1.12. The minimum atomic E-state index is -1.85. The van der Waals surface area contributed by atoms with E-state index in [-0.39, 0.29) is 36.2 Å². The lowest BCUT2D eigenvalue weighted by molar-refractivity contribution is -0.277. The number of methoxy groups -OCH3 is 2. The monoisotopic (exact) mass is 552 g/mol. The standard InChI is InChI=1S/C26H32O13/c1-34-16-7-12(3-5-14(16)28)22-25(32)10-37-23(26(25,33)11-36-22)13-4-6-15(17(8-13)35-2)38-24-21(31)20(30)19(29)18(9-27)39-24/h3-8,18-24,27-33H,9-11H2,1-2H3/t18-,19-,20+,21-,22+,23-,24+,25+,26-/m1/s1. The predicted molar refractivity (Wildman–Crippen MR) is 129 cm³/mol. The van der Waals surface area contributed by atoms with Crippen LogP contribution in [-0.4, -0.2) is 112 Å². The molecule has 0 aliphatic carbocycles. The molecular formula is C26H32O13. The maximum absolute atomic E-state index is 11.7. The molecule has 13 heteroatoms. The van der Waals surface area contributed by atoms with Gasteiger partial charge in [-0.3, -0.25) is 0 Å². The van der Waals surface area contributed by atoms with Gasteiger partial charge in [0, 0.05) is 0 Å². The maximum atomic E-state index is 11.7. The fourth-order valence-corrected chi connectivity index (χ4v) is 5.39. The zero-order valence-corrected chi connectivity index (χ0v) is 21.2. The van der Waals surface area contributed by atoms with Gasteiger partial charge in [0.1, 0.15) is 36.6 Å². The van der Waals surface area contributed by atoms with Crippen molar-refractivity contribution >= 4 is 0 Å². The number of aliphatic hydroxyl groups is 6. The topological polar surface area (TPSA) is 197 Å². The molecule has 0 aromatic heterocycles. The zero-order chi connectivity index (χ0) is 28.1. The summed E-state index contributed by atoms with van der Waals surface area (Å²) in [7, 11) is 2.76. The molecule has 0 saturated carbocycles. The van der Waals surface area contributed by atoms with E-state index in [1.54, 1.807) is 12.1 Å². The van der Waals surface area contributed by atoms with Crippen LogP contribution in [0.1, 0.15) is 23.3 Å². The highest BCUT2D eigenvalue weighted by molar-refractivity contribution is 5.47. The molecule has 3 aliphatic rings. The minimum absolute atomic E-state index is 0.0832. The Bertz CT molecular complexity index is 1190. The zero-order valence-electron chi connectivity index (χ0n) is 21.2. The summed E-state index contributed by atoms with van der Waals surface area (Å²) in [4.78, 5) is 0. The van der Waals surface area contributed by atoms with Crippen LogP contribution in [0.4, 0.5) is 0 Å². The fourth-order valence-electron chi connectivity index (χ4n) is 5.39. The van der Waals surface area contributed by atoms with E-state index < -0.39 is 60.7 Å². The van der Waals surface area contributed by atoms with E-state index in [0.29, 0.717) is 11.1 Å². The summed E-state index contributed by atoms with van der Waals surface area (Å²) < 4.78 is 33.4. The van der Waals surface area contributed by atoms with Crippen molar-refractivity contribution in [3.8, 4) is 23.0 Å². The van der Waals surface area contributed by atoms with Gasteiger partial charge >= 0.3 is 0 Å². The number of aromatic hydroxyl groups is 1. The molecule has 3 saturated heterocycles. The third kappa shape index (κ3) is 4.40. The Kier molecular flexibility index (Phi) is 7.39. The van der Waals surface area contributed by atoms with Gasteiger partial charge in [0.2, 0.25) is 6.29 Å². The van der Waals surface area contributed by atoms with Crippen LogP contribution in [0.15, 0.2) is 36.4 Å². The number of rotatable bonds is 7. The van der Waals surface area contributed by atoms with Crippen LogP contribution in [-0.2, 0) is 14.2 Å². The Labute approximate surface area is 223 Å². The van der Waals surface area contributed by atoms with Crippen molar-refractivity contribution in [3.05, 3.63) is 47.5 Å². The molecule has 2 aromatic carbocycles. The van der Waals surface area contributed by atoms with Gasteiger partial charge in [0.05, 0.1) is 34.0 Å². The number of phenols is 1. The Morgan fingerprint density at radius 1 is 0.795 bits per heavy atom. The van der Waals surface area contributed by atoms with Crippen molar-refractivity contribution in [2.45, 2.75) is 54.1 Å². The molecule has 2 aromatic rings. The lowest BCUT2D eigenvalue weighted by Crippen LogP contribution is -2.60. The molecule has 3 fully saturated rings. The molecule has 7 N–H and O–H groups in total. The van der Waals surface area contributed by atoms with Crippen molar-refractivity contribution in [1.82, 2.24) is 0 Å². The highest BCUT2D eigenvalue weighted by atomic mass is 16.7. The second-order valence-corrected chi connectivity index (χ2v) is 9.89. The normalized spacial score (nSPS) is 37.9. The second kappa shape index (κ2) is 10.4. The van der Waals surface area contributed by atoms with Crippen LogP contribution in [0.2, 0.25) is 0 Å². The molecule has 0 radical (unpaired) electrons. The number of fused-ring (bicyclic) bond motifs is 1. The highest BCUT2D eigenvalue weighted by Crippen LogP contribution is 2.56. The van der Waals surface area contributed by atoms with E-state index >= 15 is 0 Å². The van der Waals surface area contributed by atoms with Crippen LogP contribution < -0.4 is 14.2 Å². The molecular weight excluding hydrogens is 520 g/mol. The van der Waals surface area contributed by atoms with Gasteiger partial charge in [0.25, 0.3) is 0 Å². The van der Waals surface area contributed by atoms with Gasteiger partial charge in [-0.1, -0.05) is 12.1 Å². The average Bonchev–Trinajstić information content (AvgIpc) is 3.35. The van der Waals surface area contributed by atoms with Crippen LogP contribution in [0.3, 0.4) is 0 Å². The smallest absolute Gasteiger partial charge is 0.229 e. The molecule has 3 aliphatic heterocycles. The van der Waals surface area contributed by atoms with Gasteiger partial charge in [-0.05, 0) is 35.4 Å². The van der Waals surface area contributed by atoms with Crippen molar-refractivity contribution in [3.63, 3.8) is 0 Å². The van der Waals surface area contributed by atoms with E-state index in [4.69, 9.17) is 28.4 Å². The minimum Gasteiger partial charge on any atom is -0.504 e. The van der Waals surface area contributed by atoms with E-state index in [0.717, 1.165) is 0 Å². The van der Waals surface area contributed by atoms with E-state index in [9.17, 15) is 35.7 Å². The molecule has 0 amide bonds. The Balaban J connectivity index is 1.39. The van der Waals surface area contributed by atoms with E-state index in [2.05, 4.69) is 0 Å². The summed E-state index contributed by atoms with van der Waals surface area (Å²) in [5, 5.41) is 73.0. The molecule has 13 nitrogen and oxygen atoms in total. The molecule has 0 bridgehead atoms. The number of hydrogen-bond donors (Lipinski definition) is 7. The lowest BCUT2D eigenvalue weighted by Gasteiger charge is -2.39. The molecule has 9 atom stereocenters. The van der Waals surface area contributed by atoms with Crippen molar-refractivity contribution in [1.29, 1.82) is 0 Å².